The van der Waals surface area contributed by atoms with Gasteiger partial charge in [0.1, 0.15) is 0 Å². The van der Waals surface area contributed by atoms with Crippen LogP contribution in [-0.2, 0) is 4.79 Å². The molecule has 2 atom stereocenters. The van der Waals surface area contributed by atoms with Gasteiger partial charge in [-0.2, -0.15) is 11.8 Å². The maximum absolute atomic E-state index is 11.7. The number of hydrogen-bond acceptors (Lipinski definition) is 4. The molecule has 0 bridgehead atoms. The largest absolute Gasteiger partial charge is 0.395 e. The molecule has 0 saturated carbocycles. The minimum absolute atomic E-state index is 0.0146. The van der Waals surface area contributed by atoms with Gasteiger partial charge in [-0.25, -0.2) is 0 Å². The summed E-state index contributed by atoms with van der Waals surface area (Å²) in [6.45, 7) is 1.93. The van der Waals surface area contributed by atoms with Crippen LogP contribution >= 0.6 is 11.8 Å². The molecule has 0 radical (unpaired) electrons. The summed E-state index contributed by atoms with van der Waals surface area (Å²) in [6.07, 6.45) is 8.47. The first kappa shape index (κ1) is 14.7. The molecule has 1 amide bonds. The molecule has 0 aliphatic carbocycles. The molecule has 1 aromatic rings. The first-order valence-corrected chi connectivity index (χ1v) is 6.98. The molecule has 5 heteroatoms. The minimum Gasteiger partial charge on any atom is -0.395 e. The van der Waals surface area contributed by atoms with Crippen LogP contribution in [-0.4, -0.2) is 40.2 Å². The molecular weight excluding hydrogens is 248 g/mol. The van der Waals surface area contributed by atoms with Gasteiger partial charge in [0.25, 0.3) is 0 Å². The van der Waals surface area contributed by atoms with E-state index in [1.807, 2.05) is 25.3 Å². The molecule has 2 N–H and O–H groups in total. The summed E-state index contributed by atoms with van der Waals surface area (Å²) in [5.74, 6) is -0.168. The van der Waals surface area contributed by atoms with E-state index in [0.717, 1.165) is 5.56 Å². The zero-order valence-electron chi connectivity index (χ0n) is 10.5. The normalized spacial score (nSPS) is 14.4. The summed E-state index contributed by atoms with van der Waals surface area (Å²) in [7, 11) is 0. The highest BCUT2D eigenvalue weighted by Gasteiger charge is 2.15. The van der Waals surface area contributed by atoms with Crippen LogP contribution in [0.5, 0.6) is 0 Å². The number of nitrogens with zero attached hydrogens (tertiary/aromatic N) is 1. The topological polar surface area (TPSA) is 62.2 Å². The molecule has 0 aliphatic rings. The lowest BCUT2D eigenvalue weighted by atomic mass is 10.2. The summed E-state index contributed by atoms with van der Waals surface area (Å²) in [4.78, 5) is 15.6. The number of aromatic nitrogens is 1. The molecule has 0 saturated heterocycles. The average Bonchev–Trinajstić information content (AvgIpc) is 2.39. The average molecular weight is 266 g/mol. The Balaban J connectivity index is 2.49. The standard InChI is InChI=1S/C13H18N2O2S/c1-10(12(9-16)18-2)15-13(17)6-5-11-4-3-7-14-8-11/h3-8,10,12,16H,9H2,1-2H3,(H,15,17)/b6-5+. The lowest BCUT2D eigenvalue weighted by Gasteiger charge is -2.20. The van der Waals surface area contributed by atoms with Crippen molar-refractivity contribution in [3.63, 3.8) is 0 Å². The highest BCUT2D eigenvalue weighted by atomic mass is 32.2. The Kier molecular flexibility index (Phi) is 6.46. The number of aliphatic hydroxyl groups excluding tert-OH is 1. The number of amides is 1. The summed E-state index contributed by atoms with van der Waals surface area (Å²) >= 11 is 1.54. The Hall–Kier alpha value is -1.33. The van der Waals surface area contributed by atoms with Crippen molar-refractivity contribution in [2.45, 2.75) is 18.2 Å². The first-order valence-electron chi connectivity index (χ1n) is 5.69. The Morgan fingerprint density at radius 3 is 3.00 bits per heavy atom. The zero-order chi connectivity index (χ0) is 13.4. The van der Waals surface area contributed by atoms with E-state index in [9.17, 15) is 4.79 Å². The fourth-order valence-electron chi connectivity index (χ4n) is 1.45. The monoisotopic (exact) mass is 266 g/mol. The van der Waals surface area contributed by atoms with Gasteiger partial charge in [-0.3, -0.25) is 9.78 Å². The van der Waals surface area contributed by atoms with Crippen LogP contribution in [0.25, 0.3) is 6.08 Å². The SMILES string of the molecule is CSC(CO)C(C)NC(=O)/C=C/c1cccnc1. The second-order valence-electron chi connectivity index (χ2n) is 3.87. The second kappa shape index (κ2) is 7.89. The number of pyridine rings is 1. The molecule has 1 heterocycles. The number of carbonyl (C=O) groups excluding carboxylic acids is 1. The van der Waals surface area contributed by atoms with E-state index >= 15 is 0 Å². The fraction of sp³-hybridized carbons (Fsp3) is 0.385. The van der Waals surface area contributed by atoms with Crippen LogP contribution in [0.4, 0.5) is 0 Å². The van der Waals surface area contributed by atoms with Crippen molar-refractivity contribution in [1.82, 2.24) is 10.3 Å². The highest BCUT2D eigenvalue weighted by Crippen LogP contribution is 2.10. The van der Waals surface area contributed by atoms with Crippen LogP contribution in [0.15, 0.2) is 30.6 Å². The molecule has 0 aromatic carbocycles. The highest BCUT2D eigenvalue weighted by molar-refractivity contribution is 7.99. The Bertz CT molecular complexity index is 391. The zero-order valence-corrected chi connectivity index (χ0v) is 11.4. The number of carbonyl (C=O) groups is 1. The minimum atomic E-state index is -0.168. The van der Waals surface area contributed by atoms with Gasteiger partial charge in [-0.05, 0) is 30.9 Å². The smallest absolute Gasteiger partial charge is 0.244 e. The lowest BCUT2D eigenvalue weighted by Crippen LogP contribution is -2.40. The van der Waals surface area contributed by atoms with Crippen LogP contribution < -0.4 is 5.32 Å². The molecule has 1 aromatic heterocycles. The van der Waals surface area contributed by atoms with Gasteiger partial charge >= 0.3 is 0 Å². The van der Waals surface area contributed by atoms with E-state index in [0.29, 0.717) is 0 Å². The summed E-state index contributed by atoms with van der Waals surface area (Å²) < 4.78 is 0. The van der Waals surface area contributed by atoms with Crippen molar-refractivity contribution in [2.75, 3.05) is 12.9 Å². The van der Waals surface area contributed by atoms with E-state index in [2.05, 4.69) is 10.3 Å². The third kappa shape index (κ3) is 4.89. The third-order valence-corrected chi connectivity index (χ3v) is 3.68. The fourth-order valence-corrected chi connectivity index (χ4v) is 2.07. The van der Waals surface area contributed by atoms with Crippen molar-refractivity contribution in [1.29, 1.82) is 0 Å². The molecular formula is C13H18N2O2S. The quantitative estimate of drug-likeness (QED) is 0.762. The number of aliphatic hydroxyl groups is 1. The van der Waals surface area contributed by atoms with Gasteiger partial charge in [0.05, 0.1) is 6.61 Å². The number of nitrogens with one attached hydrogen (secondary N) is 1. The predicted octanol–water partition coefficient (Wildman–Crippen LogP) is 1.32. The van der Waals surface area contributed by atoms with Crippen LogP contribution in [0.3, 0.4) is 0 Å². The number of rotatable bonds is 6. The second-order valence-corrected chi connectivity index (χ2v) is 4.95. The van der Waals surface area contributed by atoms with Gasteiger partial charge in [0, 0.05) is 29.8 Å². The third-order valence-electron chi connectivity index (χ3n) is 2.52. The van der Waals surface area contributed by atoms with Crippen LogP contribution in [0, 0.1) is 0 Å². The predicted molar refractivity (Wildman–Crippen MR) is 75.3 cm³/mol. The van der Waals surface area contributed by atoms with E-state index in [4.69, 9.17) is 5.11 Å². The van der Waals surface area contributed by atoms with E-state index in [1.165, 1.54) is 17.8 Å². The maximum atomic E-state index is 11.7. The molecule has 4 nitrogen and oxygen atoms in total. The van der Waals surface area contributed by atoms with E-state index in [1.54, 1.807) is 18.5 Å². The van der Waals surface area contributed by atoms with Gasteiger partial charge in [0.2, 0.25) is 5.91 Å². The Morgan fingerprint density at radius 2 is 2.44 bits per heavy atom. The lowest BCUT2D eigenvalue weighted by molar-refractivity contribution is -0.117. The van der Waals surface area contributed by atoms with Crippen molar-refractivity contribution < 1.29 is 9.90 Å². The van der Waals surface area contributed by atoms with Crippen molar-refractivity contribution in [3.8, 4) is 0 Å². The summed E-state index contributed by atoms with van der Waals surface area (Å²) in [5, 5.41) is 12.0. The molecule has 18 heavy (non-hydrogen) atoms. The first-order chi connectivity index (χ1) is 8.67. The number of hydrogen-bond donors (Lipinski definition) is 2. The van der Waals surface area contributed by atoms with E-state index < -0.39 is 0 Å². The van der Waals surface area contributed by atoms with Crippen molar-refractivity contribution in [2.24, 2.45) is 0 Å². The molecule has 0 aliphatic heterocycles. The molecule has 2 unspecified atom stereocenters. The molecule has 0 spiro atoms. The van der Waals surface area contributed by atoms with Gasteiger partial charge in [-0.1, -0.05) is 6.07 Å². The van der Waals surface area contributed by atoms with Crippen LogP contribution in [0.2, 0.25) is 0 Å². The van der Waals surface area contributed by atoms with Gasteiger partial charge < -0.3 is 10.4 Å². The van der Waals surface area contributed by atoms with Gasteiger partial charge in [0.15, 0.2) is 0 Å². The molecule has 1 rings (SSSR count). The van der Waals surface area contributed by atoms with Gasteiger partial charge in [-0.15, -0.1) is 0 Å². The Morgan fingerprint density at radius 1 is 1.67 bits per heavy atom. The summed E-state index contributed by atoms with van der Waals surface area (Å²) in [5.41, 5.74) is 0.879. The van der Waals surface area contributed by atoms with Crippen LogP contribution in [0.1, 0.15) is 12.5 Å². The van der Waals surface area contributed by atoms with E-state index in [-0.39, 0.29) is 23.8 Å². The molecule has 0 fully saturated rings. The maximum Gasteiger partial charge on any atom is 0.244 e. The Labute approximate surface area is 112 Å². The van der Waals surface area contributed by atoms with Crippen molar-refractivity contribution >= 4 is 23.7 Å². The summed E-state index contributed by atoms with van der Waals surface area (Å²) in [6, 6.07) is 3.62. The molecule has 98 valence electrons. The van der Waals surface area contributed by atoms with Crippen molar-refractivity contribution in [3.05, 3.63) is 36.2 Å². The number of thioether (sulfide) groups is 1.